The van der Waals surface area contributed by atoms with Gasteiger partial charge in [0.05, 0.1) is 13.2 Å². The predicted molar refractivity (Wildman–Crippen MR) is 99.4 cm³/mol. The van der Waals surface area contributed by atoms with E-state index in [0.29, 0.717) is 10.8 Å². The molecule has 1 aliphatic rings. The lowest BCUT2D eigenvalue weighted by molar-refractivity contribution is 0.0198. The summed E-state index contributed by atoms with van der Waals surface area (Å²) in [6.07, 6.45) is 1.56. The molecule has 0 aliphatic carbocycles. The van der Waals surface area contributed by atoms with E-state index < -0.39 is 5.56 Å². The molecule has 6 nitrogen and oxygen atoms in total. The van der Waals surface area contributed by atoms with E-state index in [1.165, 1.54) is 11.6 Å². The Morgan fingerprint density at radius 3 is 2.62 bits per heavy atom. The third-order valence-electron chi connectivity index (χ3n) is 5.05. The highest BCUT2D eigenvalue weighted by Gasteiger charge is 2.18. The van der Waals surface area contributed by atoms with E-state index in [1.807, 2.05) is 18.2 Å². The van der Waals surface area contributed by atoms with Gasteiger partial charge in [0, 0.05) is 36.8 Å². The number of rotatable bonds is 3. The number of pyridine rings is 2. The molecule has 0 saturated carbocycles. The Balaban J connectivity index is 1.70. The first-order valence-electron chi connectivity index (χ1n) is 8.77. The van der Waals surface area contributed by atoms with Gasteiger partial charge < -0.3 is 9.94 Å². The number of morpholine rings is 1. The van der Waals surface area contributed by atoms with Crippen molar-refractivity contribution in [3.05, 3.63) is 64.6 Å². The van der Waals surface area contributed by atoms with Crippen molar-refractivity contribution in [1.29, 1.82) is 0 Å². The number of benzene rings is 1. The van der Waals surface area contributed by atoms with Gasteiger partial charge in [0.1, 0.15) is 0 Å². The molecule has 1 atom stereocenters. The zero-order valence-corrected chi connectivity index (χ0v) is 14.6. The quantitative estimate of drug-likeness (QED) is 0.735. The SMILES string of the molecule is CC(c1ccc(-c2cc(=O)n(O)c3ncccc23)cc1)N1CCOCC1. The van der Waals surface area contributed by atoms with E-state index in [0.717, 1.165) is 42.8 Å². The normalized spacial score (nSPS) is 16.7. The molecule has 1 aromatic carbocycles. The molecule has 0 spiro atoms. The molecule has 3 heterocycles. The molecule has 1 unspecified atom stereocenters. The molecule has 4 rings (SSSR count). The lowest BCUT2D eigenvalue weighted by Crippen LogP contribution is -2.37. The van der Waals surface area contributed by atoms with Crippen molar-refractivity contribution in [2.75, 3.05) is 26.3 Å². The van der Waals surface area contributed by atoms with E-state index in [2.05, 4.69) is 28.9 Å². The minimum Gasteiger partial charge on any atom is -0.423 e. The van der Waals surface area contributed by atoms with Crippen molar-refractivity contribution in [3.8, 4) is 11.1 Å². The topological polar surface area (TPSA) is 67.6 Å². The van der Waals surface area contributed by atoms with Gasteiger partial charge in [0.2, 0.25) is 0 Å². The number of hydrogen-bond donors (Lipinski definition) is 1. The molecule has 1 fully saturated rings. The van der Waals surface area contributed by atoms with Crippen molar-refractivity contribution >= 4 is 11.0 Å². The van der Waals surface area contributed by atoms with Gasteiger partial charge >= 0.3 is 0 Å². The fourth-order valence-electron chi connectivity index (χ4n) is 3.50. The first kappa shape index (κ1) is 16.8. The fraction of sp³-hybridized carbons (Fsp3) is 0.300. The Kier molecular flexibility index (Phi) is 4.44. The zero-order chi connectivity index (χ0) is 18.1. The summed E-state index contributed by atoms with van der Waals surface area (Å²) in [5, 5.41) is 10.7. The first-order chi connectivity index (χ1) is 12.6. The van der Waals surface area contributed by atoms with Crippen LogP contribution >= 0.6 is 0 Å². The van der Waals surface area contributed by atoms with Crippen molar-refractivity contribution in [2.24, 2.45) is 0 Å². The summed E-state index contributed by atoms with van der Waals surface area (Å²) in [5.41, 5.74) is 2.71. The molecule has 0 amide bonds. The minimum absolute atomic E-state index is 0.265. The number of aromatic nitrogens is 2. The molecule has 6 heteroatoms. The highest BCUT2D eigenvalue weighted by molar-refractivity contribution is 5.92. The Morgan fingerprint density at radius 2 is 1.88 bits per heavy atom. The Hall–Kier alpha value is -2.70. The van der Waals surface area contributed by atoms with Gasteiger partial charge in [-0.2, -0.15) is 0 Å². The summed E-state index contributed by atoms with van der Waals surface area (Å²) in [6.45, 7) is 5.63. The third kappa shape index (κ3) is 2.98. The van der Waals surface area contributed by atoms with Crippen molar-refractivity contribution in [3.63, 3.8) is 0 Å². The number of hydrogen-bond acceptors (Lipinski definition) is 5. The summed E-state index contributed by atoms with van der Waals surface area (Å²) in [6, 6.07) is 13.7. The van der Waals surface area contributed by atoms with Crippen LogP contribution in [0.25, 0.3) is 22.2 Å². The molecule has 0 radical (unpaired) electrons. The van der Waals surface area contributed by atoms with Crippen molar-refractivity contribution in [1.82, 2.24) is 14.6 Å². The molecular weight excluding hydrogens is 330 g/mol. The van der Waals surface area contributed by atoms with Crippen LogP contribution in [0.5, 0.6) is 0 Å². The molecule has 1 N–H and O–H groups in total. The van der Waals surface area contributed by atoms with Crippen LogP contribution in [0.3, 0.4) is 0 Å². The fourth-order valence-corrected chi connectivity index (χ4v) is 3.50. The monoisotopic (exact) mass is 351 g/mol. The molecular formula is C20H21N3O3. The van der Waals surface area contributed by atoms with Crippen LogP contribution in [0.1, 0.15) is 18.5 Å². The summed E-state index contributed by atoms with van der Waals surface area (Å²) in [5.74, 6) is 0. The van der Waals surface area contributed by atoms with Gasteiger partial charge in [0.25, 0.3) is 5.56 Å². The van der Waals surface area contributed by atoms with Gasteiger partial charge in [-0.25, -0.2) is 4.98 Å². The number of ether oxygens (including phenoxy) is 1. The molecule has 134 valence electrons. The number of nitrogens with zero attached hydrogens (tertiary/aromatic N) is 3. The molecule has 26 heavy (non-hydrogen) atoms. The molecule has 1 saturated heterocycles. The van der Waals surface area contributed by atoms with Gasteiger partial charge in [-0.3, -0.25) is 9.69 Å². The van der Waals surface area contributed by atoms with Crippen LogP contribution in [0, 0.1) is 0 Å². The summed E-state index contributed by atoms with van der Waals surface area (Å²) < 4.78 is 6.02. The first-order valence-corrected chi connectivity index (χ1v) is 8.77. The minimum atomic E-state index is -0.489. The van der Waals surface area contributed by atoms with Crippen molar-refractivity contribution < 1.29 is 9.94 Å². The molecule has 2 aromatic heterocycles. The Morgan fingerprint density at radius 1 is 1.15 bits per heavy atom. The third-order valence-corrected chi connectivity index (χ3v) is 5.05. The van der Waals surface area contributed by atoms with Crippen LogP contribution in [0.2, 0.25) is 0 Å². The van der Waals surface area contributed by atoms with E-state index >= 15 is 0 Å². The predicted octanol–water partition coefficient (Wildman–Crippen LogP) is 2.69. The molecule has 1 aliphatic heterocycles. The van der Waals surface area contributed by atoms with E-state index in [-0.39, 0.29) is 5.65 Å². The van der Waals surface area contributed by atoms with Crippen molar-refractivity contribution in [2.45, 2.75) is 13.0 Å². The van der Waals surface area contributed by atoms with Gasteiger partial charge in [-0.15, -0.1) is 4.73 Å². The smallest absolute Gasteiger partial charge is 0.285 e. The standard InChI is InChI=1S/C20H21N3O3/c1-14(22-9-11-26-12-10-22)15-4-6-16(7-5-15)18-13-19(24)23(25)20-17(18)3-2-8-21-20/h2-8,13-14,25H,9-12H2,1H3. The Bertz CT molecular complexity index is 976. The van der Waals surface area contributed by atoms with Gasteiger partial charge in [0.15, 0.2) is 5.65 Å². The van der Waals surface area contributed by atoms with Crippen LogP contribution in [-0.4, -0.2) is 46.1 Å². The van der Waals surface area contributed by atoms with Crippen LogP contribution < -0.4 is 5.56 Å². The second-order valence-corrected chi connectivity index (χ2v) is 6.53. The summed E-state index contributed by atoms with van der Waals surface area (Å²) in [4.78, 5) is 18.6. The van der Waals surface area contributed by atoms with Crippen LogP contribution in [-0.2, 0) is 4.74 Å². The molecule has 3 aromatic rings. The number of fused-ring (bicyclic) bond motifs is 1. The summed E-state index contributed by atoms with van der Waals surface area (Å²) in [7, 11) is 0. The lowest BCUT2D eigenvalue weighted by atomic mass is 9.99. The summed E-state index contributed by atoms with van der Waals surface area (Å²) >= 11 is 0. The highest BCUT2D eigenvalue weighted by Crippen LogP contribution is 2.28. The lowest BCUT2D eigenvalue weighted by Gasteiger charge is -2.32. The Labute approximate surface area is 151 Å². The van der Waals surface area contributed by atoms with Gasteiger partial charge in [-0.1, -0.05) is 24.3 Å². The molecule has 0 bridgehead atoms. The van der Waals surface area contributed by atoms with Gasteiger partial charge in [-0.05, 0) is 35.7 Å². The zero-order valence-electron chi connectivity index (χ0n) is 14.6. The van der Waals surface area contributed by atoms with E-state index in [9.17, 15) is 10.0 Å². The van der Waals surface area contributed by atoms with Crippen LogP contribution in [0.15, 0.2) is 53.5 Å². The average molecular weight is 351 g/mol. The highest BCUT2D eigenvalue weighted by atomic mass is 16.5. The van der Waals surface area contributed by atoms with Crippen LogP contribution in [0.4, 0.5) is 0 Å². The maximum atomic E-state index is 12.1. The second kappa shape index (κ2) is 6.90. The van der Waals surface area contributed by atoms with E-state index in [1.54, 1.807) is 12.3 Å². The average Bonchev–Trinajstić information content (AvgIpc) is 2.71. The second-order valence-electron chi connectivity index (χ2n) is 6.53. The maximum absolute atomic E-state index is 12.1. The maximum Gasteiger partial charge on any atom is 0.285 e. The van der Waals surface area contributed by atoms with E-state index in [4.69, 9.17) is 4.74 Å². The largest absolute Gasteiger partial charge is 0.423 e.